The summed E-state index contributed by atoms with van der Waals surface area (Å²) in [7, 11) is 0. The maximum Gasteiger partial charge on any atom is 0.125 e. The van der Waals surface area contributed by atoms with Crippen molar-refractivity contribution in [2.75, 3.05) is 0 Å². The molecule has 4 heterocycles. The fourth-order valence-corrected chi connectivity index (χ4v) is 11.8. The summed E-state index contributed by atoms with van der Waals surface area (Å²) in [5.74, 6) is 9.87. The molecule has 2 bridgehead atoms. The van der Waals surface area contributed by atoms with Crippen molar-refractivity contribution in [2.24, 2.45) is 11.8 Å². The molecule has 4 aliphatic carbocycles. The van der Waals surface area contributed by atoms with Crippen LogP contribution >= 0.6 is 0 Å². The zero-order valence-electron chi connectivity index (χ0n) is 59.3. The second-order valence-electron chi connectivity index (χ2n) is 25.8. The Bertz CT molecular complexity index is 3240. The van der Waals surface area contributed by atoms with E-state index in [9.17, 15) is 0 Å². The molecule has 8 N–H and O–H groups in total. The van der Waals surface area contributed by atoms with Gasteiger partial charge in [0.25, 0.3) is 0 Å². The van der Waals surface area contributed by atoms with Crippen molar-refractivity contribution in [3.63, 3.8) is 0 Å². The van der Waals surface area contributed by atoms with Gasteiger partial charge in [-0.25, -0.2) is 19.9 Å². The number of aromatic nitrogens is 12. The van der Waals surface area contributed by atoms with Crippen LogP contribution in [0.15, 0.2) is 116 Å². The number of rotatable bonds is 15. The molecule has 4 aromatic carbocycles. The van der Waals surface area contributed by atoms with Gasteiger partial charge in [-0.05, 0) is 145 Å². The quantitative estimate of drug-likeness (QED) is 0.0442. The molecule has 12 rings (SSSR count). The van der Waals surface area contributed by atoms with Crippen molar-refractivity contribution >= 4 is 0 Å². The topological polar surface area (TPSA) is 317 Å². The van der Waals surface area contributed by atoms with Gasteiger partial charge in [-0.2, -0.15) is 0 Å². The van der Waals surface area contributed by atoms with Crippen molar-refractivity contribution < 1.29 is 121 Å². The van der Waals surface area contributed by atoms with E-state index < -0.39 is 0 Å². The minimum Gasteiger partial charge on any atom is -0.393 e. The average molecular weight is 2080 g/mol. The second-order valence-corrected chi connectivity index (χ2v) is 25.8. The number of aliphatic hydroxyl groups is 8. The summed E-state index contributed by atoms with van der Waals surface area (Å²) in [5.41, 5.74) is 4.92. The first-order valence-corrected chi connectivity index (χ1v) is 34.1. The third-order valence-corrected chi connectivity index (χ3v) is 16.0. The van der Waals surface area contributed by atoms with E-state index in [0.29, 0.717) is 49.3 Å². The normalized spacial score (nSPS) is 17.9. The Morgan fingerprint density at radius 1 is 0.360 bits per heavy atom. The number of hydrogen-bond donors (Lipinski definition) is 8. The van der Waals surface area contributed by atoms with E-state index in [1.807, 2.05) is 105 Å². The molecule has 4 aliphatic rings. The molecule has 20 nitrogen and oxygen atoms in total. The summed E-state index contributed by atoms with van der Waals surface area (Å²) < 4.78 is 0. The van der Waals surface area contributed by atoms with Gasteiger partial charge in [-0.15, -0.1) is 143 Å². The summed E-state index contributed by atoms with van der Waals surface area (Å²) in [4.78, 5) is 52.0. The number of hydrogen-bond acceptors (Lipinski definition) is 20. The van der Waals surface area contributed by atoms with Gasteiger partial charge in [0.15, 0.2) is 0 Å². The molecule has 0 spiro atoms. The number of nitrogens with zero attached hydrogens (tertiary/aromatic N) is 12. The molecule has 4 aromatic heterocycles. The van der Waals surface area contributed by atoms with E-state index in [1.54, 1.807) is 74.4 Å². The van der Waals surface area contributed by atoms with Crippen molar-refractivity contribution in [3.8, 4) is 45.6 Å². The second kappa shape index (κ2) is 52.2. The van der Waals surface area contributed by atoms with E-state index in [4.69, 9.17) is 45.8 Å². The molecular weight excluding hydrogens is 1980 g/mol. The summed E-state index contributed by atoms with van der Waals surface area (Å²) in [6.45, 7) is 17.2. The summed E-state index contributed by atoms with van der Waals surface area (Å²) >= 11 is 0. The van der Waals surface area contributed by atoms with E-state index in [-0.39, 0.29) is 129 Å². The SMILES string of the molecule is CC(O)CC(C)O.CC(O)CC(C)O.CC(O)CC(C)O.CC(O)CC(C)O.Cc1cc[c-]c(-c2ncnc(C)n2)c1.[Ir].[Ir].[Ir].[Ir].[c-]1ccccc1-c1ncnc(C2CC3CCC2C3)n1.[c-]1ccccc1-c1ncnc(C2CCCC2)n1.[c-]1ccccc1-c1ncnc(C2CCCCC2)n1. The molecule has 0 saturated heterocycles. The van der Waals surface area contributed by atoms with Gasteiger partial charge < -0.3 is 40.9 Å². The van der Waals surface area contributed by atoms with Gasteiger partial charge in [0.2, 0.25) is 0 Å². The van der Waals surface area contributed by atoms with Crippen LogP contribution < -0.4 is 0 Å². The molecule has 11 unspecified atom stereocenters. The summed E-state index contributed by atoms with van der Waals surface area (Å²) in [6, 6.07) is 41.9. The smallest absolute Gasteiger partial charge is 0.125 e. The first-order valence-electron chi connectivity index (χ1n) is 34.1. The minimum atomic E-state index is -0.375. The predicted octanol–water partition coefficient (Wildman–Crippen LogP) is 12.1. The number of aliphatic hydroxyl groups excluding tert-OH is 8. The minimum absolute atomic E-state index is 0. The molecule has 24 heteroatoms. The van der Waals surface area contributed by atoms with Crippen LogP contribution in [-0.2, 0) is 80.4 Å². The van der Waals surface area contributed by atoms with Gasteiger partial charge in [0, 0.05) is 98.2 Å². The van der Waals surface area contributed by atoms with Gasteiger partial charge in [-0.1, -0.05) is 45.4 Å². The average Bonchev–Trinajstić information content (AvgIpc) is 1.64. The van der Waals surface area contributed by atoms with Crippen molar-refractivity contribution in [1.29, 1.82) is 0 Å². The van der Waals surface area contributed by atoms with Crippen LogP contribution in [-0.4, -0.2) is 149 Å². The molecule has 4 radical (unpaired) electrons. The van der Waals surface area contributed by atoms with Gasteiger partial charge in [0.1, 0.15) is 48.6 Å². The van der Waals surface area contributed by atoms with Crippen LogP contribution in [0.2, 0.25) is 0 Å². The Labute approximate surface area is 647 Å². The Kier molecular flexibility index (Phi) is 48.7. The number of aryl methyl sites for hydroxylation is 2. The van der Waals surface area contributed by atoms with Gasteiger partial charge >= 0.3 is 0 Å². The standard InChI is InChI=1S/C16H16N3.C15H16N3.C14H14N3.C11H10N3.4C5H12O2.4Ir/c1-2-4-12(5-3-1)15-17-10-18-16(19-15)14-9-11-6-7-13(14)8-11;1-3-7-12(8-4-1)14-16-11-17-15(18-14)13-9-5-2-6-10-13;1-2-6-11(7-3-1)13-15-10-16-14(17-13)12-8-4-5-9-12;1-8-4-3-5-10(6-8)11-13-7-12-9(2)14-11;4*1-4(6)3-5(2)7;;;;/h1-4,10-11,13-14H,6-9H2;1,3-4,7,11,13H,2,5-6,9-10H2;1-3,6,10,12H,4-5,8-9H2;3-4,6-7H,1-2H3;4*4-7H,3H2,1-2H3;;;;/q4*-1;;;;;;;;. The van der Waals surface area contributed by atoms with Gasteiger partial charge in [-0.3, -0.25) is 39.9 Å². The Hall–Kier alpha value is -4.80. The Balaban J connectivity index is 0.000000588. The Morgan fingerprint density at radius 3 is 1.01 bits per heavy atom. The van der Waals surface area contributed by atoms with Crippen LogP contribution in [0.1, 0.15) is 211 Å². The summed E-state index contributed by atoms with van der Waals surface area (Å²) in [5, 5.41) is 68.5. The van der Waals surface area contributed by atoms with E-state index in [2.05, 4.69) is 79.1 Å². The van der Waals surface area contributed by atoms with E-state index in [0.717, 1.165) is 74.9 Å². The number of fused-ring (bicyclic) bond motifs is 2. The molecule has 4 saturated carbocycles. The maximum absolute atomic E-state index is 8.56. The fourth-order valence-electron chi connectivity index (χ4n) is 11.8. The zero-order valence-corrected chi connectivity index (χ0v) is 68.9. The van der Waals surface area contributed by atoms with Crippen LogP contribution in [0, 0.1) is 49.9 Å². The molecular formula is C76H104Ir4N12O8-4. The largest absolute Gasteiger partial charge is 0.393 e. The van der Waals surface area contributed by atoms with Crippen molar-refractivity contribution in [3.05, 3.63) is 169 Å². The molecule has 8 aromatic rings. The predicted molar refractivity (Wildman–Crippen MR) is 373 cm³/mol. The number of benzene rings is 4. The molecule has 11 atom stereocenters. The van der Waals surface area contributed by atoms with Crippen LogP contribution in [0.5, 0.6) is 0 Å². The molecule has 0 aliphatic heterocycles. The van der Waals surface area contributed by atoms with Crippen molar-refractivity contribution in [1.82, 2.24) is 59.8 Å². The zero-order chi connectivity index (χ0) is 69.8. The monoisotopic (exact) mass is 2080 g/mol. The van der Waals surface area contributed by atoms with Crippen molar-refractivity contribution in [2.45, 2.75) is 245 Å². The van der Waals surface area contributed by atoms with Crippen LogP contribution in [0.25, 0.3) is 45.6 Å². The maximum atomic E-state index is 8.56. The fraction of sp³-hybridized carbons (Fsp3) is 0.526. The summed E-state index contributed by atoms with van der Waals surface area (Å²) in [6.07, 6.45) is 22.1. The molecule has 556 valence electrons. The van der Waals surface area contributed by atoms with E-state index in [1.165, 1.54) is 95.4 Å². The third-order valence-electron chi connectivity index (χ3n) is 16.0. The molecule has 100 heavy (non-hydrogen) atoms. The third kappa shape index (κ3) is 37.6. The first-order chi connectivity index (χ1) is 46.0. The molecule has 4 fully saturated rings. The van der Waals surface area contributed by atoms with Crippen LogP contribution in [0.3, 0.4) is 0 Å². The molecule has 0 amide bonds. The van der Waals surface area contributed by atoms with E-state index >= 15 is 0 Å². The van der Waals surface area contributed by atoms with Gasteiger partial charge in [0.05, 0.1) is 72.1 Å². The first kappa shape index (κ1) is 93.2. The Morgan fingerprint density at radius 2 is 0.700 bits per heavy atom. The van der Waals surface area contributed by atoms with Crippen LogP contribution in [0.4, 0.5) is 0 Å².